The summed E-state index contributed by atoms with van der Waals surface area (Å²) in [5, 5.41) is 0. The van der Waals surface area contributed by atoms with Gasteiger partial charge in [0.1, 0.15) is 0 Å². The summed E-state index contributed by atoms with van der Waals surface area (Å²) >= 11 is 28.3. The number of rotatable bonds is 5. The van der Waals surface area contributed by atoms with E-state index in [1.807, 2.05) is 0 Å². The maximum absolute atomic E-state index is 5.81. The summed E-state index contributed by atoms with van der Waals surface area (Å²) in [6, 6.07) is 0. The lowest BCUT2D eigenvalue weighted by Crippen LogP contribution is -2.31. The van der Waals surface area contributed by atoms with E-state index in [0.29, 0.717) is 0 Å². The minimum atomic E-state index is -1.66. The fourth-order valence-corrected chi connectivity index (χ4v) is 1.24. The quantitative estimate of drug-likeness (QED) is 0.474. The van der Waals surface area contributed by atoms with E-state index in [-0.39, 0.29) is 0 Å². The Bertz CT molecular complexity index is 138. The van der Waals surface area contributed by atoms with Crippen molar-refractivity contribution in [2.24, 2.45) is 0 Å². The molecule has 0 unspecified atom stereocenters. The molecule has 0 rings (SSSR count). The van der Waals surface area contributed by atoms with Crippen molar-refractivity contribution in [3.63, 3.8) is 0 Å². The average Bonchev–Trinajstić information content (AvgIpc) is 1.96. The van der Waals surface area contributed by atoms with Gasteiger partial charge in [-0.05, 0) is 6.42 Å². The van der Waals surface area contributed by atoms with Gasteiger partial charge in [-0.15, -0.1) is 0 Å². The second kappa shape index (κ2) is 6.12. The molecule has 0 aromatic rings. The standard InChI is InChI=1S/C8H12Cl5/c1-2-3-4-5-6-7(9,10)8(11,12)13/h6H,2-5H2,1H3. The summed E-state index contributed by atoms with van der Waals surface area (Å²) in [4.78, 5) is 0. The van der Waals surface area contributed by atoms with Crippen molar-refractivity contribution in [3.8, 4) is 0 Å². The molecule has 0 aromatic carbocycles. The monoisotopic (exact) mass is 283 g/mol. The lowest BCUT2D eigenvalue weighted by atomic mass is 10.1. The van der Waals surface area contributed by atoms with Crippen molar-refractivity contribution in [2.75, 3.05) is 0 Å². The molecule has 0 heterocycles. The molecule has 13 heavy (non-hydrogen) atoms. The van der Waals surface area contributed by atoms with Gasteiger partial charge in [-0.3, -0.25) is 0 Å². The van der Waals surface area contributed by atoms with Crippen LogP contribution in [-0.4, -0.2) is 8.13 Å². The third kappa shape index (κ3) is 5.79. The largest absolute Gasteiger partial charge is 0.223 e. The van der Waals surface area contributed by atoms with Crippen LogP contribution in [0.2, 0.25) is 0 Å². The Hall–Kier alpha value is 1.45. The Morgan fingerprint density at radius 2 is 1.54 bits per heavy atom. The van der Waals surface area contributed by atoms with Crippen molar-refractivity contribution < 1.29 is 0 Å². The van der Waals surface area contributed by atoms with Crippen LogP contribution in [0.3, 0.4) is 0 Å². The maximum atomic E-state index is 5.81. The highest BCUT2D eigenvalue weighted by atomic mass is 35.6. The summed E-state index contributed by atoms with van der Waals surface area (Å²) in [5.74, 6) is 0. The lowest BCUT2D eigenvalue weighted by Gasteiger charge is -2.26. The summed E-state index contributed by atoms with van der Waals surface area (Å²) in [5.41, 5.74) is 0. The highest BCUT2D eigenvalue weighted by Crippen LogP contribution is 2.48. The molecule has 5 heteroatoms. The minimum absolute atomic E-state index is 0.759. The van der Waals surface area contributed by atoms with E-state index in [0.717, 1.165) is 25.7 Å². The molecular formula is C8H12Cl5. The van der Waals surface area contributed by atoms with Gasteiger partial charge < -0.3 is 0 Å². The Morgan fingerprint density at radius 1 is 1.00 bits per heavy atom. The van der Waals surface area contributed by atoms with E-state index in [1.54, 1.807) is 6.42 Å². The van der Waals surface area contributed by atoms with Gasteiger partial charge >= 0.3 is 0 Å². The minimum Gasteiger partial charge on any atom is -0.0965 e. The van der Waals surface area contributed by atoms with E-state index in [9.17, 15) is 0 Å². The van der Waals surface area contributed by atoms with Crippen LogP contribution in [0.4, 0.5) is 0 Å². The molecule has 0 atom stereocenters. The van der Waals surface area contributed by atoms with Gasteiger partial charge in [0.25, 0.3) is 0 Å². The smallest absolute Gasteiger partial charge is 0.0965 e. The first kappa shape index (κ1) is 14.5. The second-order valence-corrected chi connectivity index (χ2v) is 6.49. The van der Waals surface area contributed by atoms with E-state index < -0.39 is 8.13 Å². The molecule has 0 aliphatic rings. The fourth-order valence-electron chi connectivity index (χ4n) is 0.793. The lowest BCUT2D eigenvalue weighted by molar-refractivity contribution is 0.683. The Labute approximate surface area is 105 Å². The van der Waals surface area contributed by atoms with Crippen LogP contribution >= 0.6 is 58.0 Å². The molecule has 0 amide bonds. The van der Waals surface area contributed by atoms with E-state index in [1.165, 1.54) is 0 Å². The summed E-state index contributed by atoms with van der Waals surface area (Å²) in [6.45, 7) is 2.11. The molecule has 0 aliphatic carbocycles. The van der Waals surface area contributed by atoms with E-state index in [4.69, 9.17) is 58.0 Å². The Balaban J connectivity index is 3.77. The number of hydrogen-bond donors (Lipinski definition) is 0. The fraction of sp³-hybridized carbons (Fsp3) is 0.875. The molecule has 0 bridgehead atoms. The predicted octanol–water partition coefficient (Wildman–Crippen LogP) is 5.32. The van der Waals surface area contributed by atoms with Crippen LogP contribution in [-0.2, 0) is 0 Å². The van der Waals surface area contributed by atoms with Crippen molar-refractivity contribution in [1.82, 2.24) is 0 Å². The van der Waals surface area contributed by atoms with Crippen molar-refractivity contribution in [3.05, 3.63) is 6.42 Å². The molecule has 0 aliphatic heterocycles. The SMILES string of the molecule is CCCCC[CH]C(Cl)(Cl)C(Cl)(Cl)Cl. The van der Waals surface area contributed by atoms with Crippen molar-refractivity contribution in [1.29, 1.82) is 0 Å². The normalized spacial score (nSPS) is 13.4. The van der Waals surface area contributed by atoms with E-state index >= 15 is 0 Å². The van der Waals surface area contributed by atoms with Gasteiger partial charge in [0.15, 0.2) is 4.33 Å². The van der Waals surface area contributed by atoms with Crippen LogP contribution in [0.25, 0.3) is 0 Å². The van der Waals surface area contributed by atoms with Gasteiger partial charge in [0.05, 0.1) is 0 Å². The molecular weight excluding hydrogens is 273 g/mol. The topological polar surface area (TPSA) is 0 Å². The first-order valence-corrected chi connectivity index (χ1v) is 5.99. The second-order valence-electron chi connectivity index (χ2n) is 2.82. The number of halogens is 5. The Kier molecular flexibility index (Phi) is 6.81. The first-order valence-electron chi connectivity index (χ1n) is 4.10. The van der Waals surface area contributed by atoms with Crippen molar-refractivity contribution >= 4 is 58.0 Å². The van der Waals surface area contributed by atoms with Gasteiger partial charge in [0, 0.05) is 6.42 Å². The summed E-state index contributed by atoms with van der Waals surface area (Å²) in [7, 11) is 0. The maximum Gasteiger partial charge on any atom is 0.223 e. The van der Waals surface area contributed by atoms with E-state index in [2.05, 4.69) is 6.92 Å². The predicted molar refractivity (Wildman–Crippen MR) is 63.2 cm³/mol. The zero-order valence-corrected chi connectivity index (χ0v) is 11.1. The molecule has 0 fully saturated rings. The van der Waals surface area contributed by atoms with Crippen LogP contribution in [0, 0.1) is 6.42 Å². The highest BCUT2D eigenvalue weighted by molar-refractivity contribution is 6.75. The third-order valence-electron chi connectivity index (χ3n) is 1.59. The Morgan fingerprint density at radius 3 is 1.92 bits per heavy atom. The zero-order chi connectivity index (χ0) is 10.5. The molecule has 0 spiro atoms. The summed E-state index contributed by atoms with van der Waals surface area (Å²) in [6.07, 6.45) is 5.67. The number of hydrogen-bond acceptors (Lipinski definition) is 0. The molecule has 79 valence electrons. The van der Waals surface area contributed by atoms with Crippen LogP contribution in [0.5, 0.6) is 0 Å². The highest BCUT2D eigenvalue weighted by Gasteiger charge is 2.45. The molecule has 1 radical (unpaired) electrons. The number of alkyl halides is 5. The van der Waals surface area contributed by atoms with Gasteiger partial charge in [-0.1, -0.05) is 84.2 Å². The van der Waals surface area contributed by atoms with Crippen LogP contribution < -0.4 is 0 Å². The molecule has 0 nitrogen and oxygen atoms in total. The third-order valence-corrected chi connectivity index (χ3v) is 3.94. The van der Waals surface area contributed by atoms with Crippen molar-refractivity contribution in [2.45, 2.75) is 40.7 Å². The zero-order valence-electron chi connectivity index (χ0n) is 7.30. The van der Waals surface area contributed by atoms with Gasteiger partial charge in [-0.2, -0.15) is 0 Å². The molecule has 0 aromatic heterocycles. The van der Waals surface area contributed by atoms with Crippen LogP contribution in [0.15, 0.2) is 0 Å². The molecule has 0 saturated carbocycles. The molecule has 0 N–H and O–H groups in total. The first-order chi connectivity index (χ1) is 5.81. The number of unbranched alkanes of at least 4 members (excludes halogenated alkanes) is 3. The van der Waals surface area contributed by atoms with Gasteiger partial charge in [0.2, 0.25) is 3.79 Å². The molecule has 0 saturated heterocycles. The summed E-state index contributed by atoms with van der Waals surface area (Å²) < 4.78 is -3.06. The average molecular weight is 285 g/mol. The van der Waals surface area contributed by atoms with Gasteiger partial charge in [-0.25, -0.2) is 0 Å². The van der Waals surface area contributed by atoms with Crippen LogP contribution in [0.1, 0.15) is 32.6 Å².